The number of benzene rings is 1. The Labute approximate surface area is 107 Å². The fourth-order valence-corrected chi connectivity index (χ4v) is 1.73. The molecule has 4 nitrogen and oxygen atoms in total. The number of carbonyl (C=O) groups excluding carboxylic acids is 1. The van der Waals surface area contributed by atoms with Gasteiger partial charge in [0, 0.05) is 24.4 Å². The Morgan fingerprint density at radius 2 is 2.00 bits per heavy atom. The van der Waals surface area contributed by atoms with Crippen LogP contribution in [0.2, 0.25) is 0 Å². The fraction of sp³-hybridized carbons (Fsp3) is 0.286. The number of carbonyl (C=O) groups is 1. The lowest BCUT2D eigenvalue weighted by atomic mass is 10.1. The molecule has 0 aliphatic heterocycles. The van der Waals surface area contributed by atoms with Crippen LogP contribution in [-0.4, -0.2) is 15.7 Å². The molecule has 1 amide bonds. The lowest BCUT2D eigenvalue weighted by Gasteiger charge is -2.12. The SMILES string of the molecule is Cc1ccc(C(=O)N[C@H](C)c2cnn(C)c2)cc1. The molecule has 0 saturated heterocycles. The molecule has 0 aliphatic carbocycles. The molecule has 0 fully saturated rings. The molecule has 1 aromatic carbocycles. The summed E-state index contributed by atoms with van der Waals surface area (Å²) in [6, 6.07) is 7.49. The Hall–Kier alpha value is -2.10. The molecule has 4 heteroatoms. The third-order valence-corrected chi connectivity index (χ3v) is 2.89. The number of amides is 1. The highest BCUT2D eigenvalue weighted by atomic mass is 16.1. The van der Waals surface area contributed by atoms with E-state index in [-0.39, 0.29) is 11.9 Å². The van der Waals surface area contributed by atoms with Crippen molar-refractivity contribution in [1.82, 2.24) is 15.1 Å². The van der Waals surface area contributed by atoms with Crippen LogP contribution >= 0.6 is 0 Å². The van der Waals surface area contributed by atoms with Gasteiger partial charge in [0.05, 0.1) is 12.2 Å². The summed E-state index contributed by atoms with van der Waals surface area (Å²) in [7, 11) is 1.86. The quantitative estimate of drug-likeness (QED) is 0.898. The van der Waals surface area contributed by atoms with E-state index in [1.807, 2.05) is 51.4 Å². The van der Waals surface area contributed by atoms with Crippen molar-refractivity contribution < 1.29 is 4.79 Å². The van der Waals surface area contributed by atoms with Crippen LogP contribution in [0, 0.1) is 6.92 Å². The Balaban J connectivity index is 2.05. The second-order valence-electron chi connectivity index (χ2n) is 4.51. The second kappa shape index (κ2) is 5.04. The predicted molar refractivity (Wildman–Crippen MR) is 70.3 cm³/mol. The van der Waals surface area contributed by atoms with Crippen molar-refractivity contribution in [3.8, 4) is 0 Å². The molecule has 0 radical (unpaired) electrons. The normalized spacial score (nSPS) is 12.2. The molecular formula is C14H17N3O. The number of hydrogen-bond acceptors (Lipinski definition) is 2. The Morgan fingerprint density at radius 3 is 2.56 bits per heavy atom. The molecule has 18 heavy (non-hydrogen) atoms. The van der Waals surface area contributed by atoms with E-state index < -0.39 is 0 Å². The molecule has 2 rings (SSSR count). The van der Waals surface area contributed by atoms with E-state index >= 15 is 0 Å². The summed E-state index contributed by atoms with van der Waals surface area (Å²) < 4.78 is 1.73. The Bertz CT molecular complexity index is 542. The standard InChI is InChI=1S/C14H17N3O/c1-10-4-6-12(7-5-10)14(18)16-11(2)13-8-15-17(3)9-13/h4-9,11H,1-3H3,(H,16,18)/t11-/m1/s1. The van der Waals surface area contributed by atoms with Gasteiger partial charge in [0.2, 0.25) is 0 Å². The van der Waals surface area contributed by atoms with E-state index in [4.69, 9.17) is 0 Å². The van der Waals surface area contributed by atoms with Crippen molar-refractivity contribution in [1.29, 1.82) is 0 Å². The topological polar surface area (TPSA) is 46.9 Å². The zero-order valence-corrected chi connectivity index (χ0v) is 10.8. The zero-order chi connectivity index (χ0) is 13.1. The first-order chi connectivity index (χ1) is 8.56. The third kappa shape index (κ3) is 2.77. The highest BCUT2D eigenvalue weighted by molar-refractivity contribution is 5.94. The van der Waals surface area contributed by atoms with Crippen molar-refractivity contribution in [2.24, 2.45) is 7.05 Å². The summed E-state index contributed by atoms with van der Waals surface area (Å²) in [4.78, 5) is 12.0. The van der Waals surface area contributed by atoms with E-state index in [1.54, 1.807) is 10.9 Å². The molecule has 0 aliphatic rings. The lowest BCUT2D eigenvalue weighted by molar-refractivity contribution is 0.0940. The maximum atomic E-state index is 12.0. The average molecular weight is 243 g/mol. The van der Waals surface area contributed by atoms with E-state index in [9.17, 15) is 4.79 Å². The van der Waals surface area contributed by atoms with Gasteiger partial charge in [-0.25, -0.2) is 0 Å². The van der Waals surface area contributed by atoms with Crippen molar-refractivity contribution in [2.45, 2.75) is 19.9 Å². The smallest absolute Gasteiger partial charge is 0.251 e. The molecule has 1 heterocycles. The molecule has 1 N–H and O–H groups in total. The maximum Gasteiger partial charge on any atom is 0.251 e. The largest absolute Gasteiger partial charge is 0.345 e. The van der Waals surface area contributed by atoms with Crippen molar-refractivity contribution in [3.05, 3.63) is 53.3 Å². The van der Waals surface area contributed by atoms with Gasteiger partial charge in [-0.3, -0.25) is 9.48 Å². The van der Waals surface area contributed by atoms with Crippen molar-refractivity contribution in [2.75, 3.05) is 0 Å². The molecule has 0 bridgehead atoms. The number of aromatic nitrogens is 2. The summed E-state index contributed by atoms with van der Waals surface area (Å²) in [6.45, 7) is 3.95. The number of rotatable bonds is 3. The van der Waals surface area contributed by atoms with Crippen LogP contribution in [-0.2, 0) is 7.05 Å². The highest BCUT2D eigenvalue weighted by Gasteiger charge is 2.12. The van der Waals surface area contributed by atoms with Crippen molar-refractivity contribution >= 4 is 5.91 Å². The van der Waals surface area contributed by atoms with Crippen LogP contribution in [0.3, 0.4) is 0 Å². The van der Waals surface area contributed by atoms with Gasteiger partial charge in [0.15, 0.2) is 0 Å². The number of hydrogen-bond donors (Lipinski definition) is 1. The van der Waals surface area contributed by atoms with E-state index in [0.717, 1.165) is 11.1 Å². The first kappa shape index (κ1) is 12.4. The van der Waals surface area contributed by atoms with Crippen molar-refractivity contribution in [3.63, 3.8) is 0 Å². The summed E-state index contributed by atoms with van der Waals surface area (Å²) in [6.07, 6.45) is 3.67. The van der Waals surface area contributed by atoms with Gasteiger partial charge in [-0.1, -0.05) is 17.7 Å². The van der Waals surface area contributed by atoms with Crippen LogP contribution in [0.15, 0.2) is 36.7 Å². The zero-order valence-electron chi connectivity index (χ0n) is 10.8. The van der Waals surface area contributed by atoms with Gasteiger partial charge in [-0.15, -0.1) is 0 Å². The summed E-state index contributed by atoms with van der Waals surface area (Å²) in [5, 5.41) is 7.05. The summed E-state index contributed by atoms with van der Waals surface area (Å²) in [5.41, 5.74) is 2.82. The second-order valence-corrected chi connectivity index (χ2v) is 4.51. The van der Waals surface area contributed by atoms with Crippen LogP contribution in [0.25, 0.3) is 0 Å². The van der Waals surface area contributed by atoms with E-state index in [2.05, 4.69) is 10.4 Å². The Kier molecular flexibility index (Phi) is 3.46. The van der Waals surface area contributed by atoms with Crippen LogP contribution in [0.5, 0.6) is 0 Å². The molecule has 0 spiro atoms. The molecule has 1 atom stereocenters. The summed E-state index contributed by atoms with van der Waals surface area (Å²) >= 11 is 0. The van der Waals surface area contributed by atoms with Crippen LogP contribution < -0.4 is 5.32 Å². The van der Waals surface area contributed by atoms with Crippen LogP contribution in [0.1, 0.15) is 34.5 Å². The monoisotopic (exact) mass is 243 g/mol. The van der Waals surface area contributed by atoms with Gasteiger partial charge in [0.1, 0.15) is 0 Å². The van der Waals surface area contributed by atoms with Crippen LogP contribution in [0.4, 0.5) is 0 Å². The minimum atomic E-state index is -0.0636. The first-order valence-electron chi connectivity index (χ1n) is 5.92. The molecular weight excluding hydrogens is 226 g/mol. The molecule has 0 saturated carbocycles. The van der Waals surface area contributed by atoms with E-state index in [1.165, 1.54) is 0 Å². The van der Waals surface area contributed by atoms with E-state index in [0.29, 0.717) is 5.56 Å². The maximum absolute atomic E-state index is 12.0. The fourth-order valence-electron chi connectivity index (χ4n) is 1.73. The molecule has 2 aromatic rings. The van der Waals surface area contributed by atoms with Gasteiger partial charge in [-0.05, 0) is 26.0 Å². The molecule has 0 unspecified atom stereocenters. The molecule has 94 valence electrons. The average Bonchev–Trinajstić information content (AvgIpc) is 2.76. The molecule has 1 aromatic heterocycles. The van der Waals surface area contributed by atoms with Gasteiger partial charge < -0.3 is 5.32 Å². The Morgan fingerprint density at radius 1 is 1.33 bits per heavy atom. The van der Waals surface area contributed by atoms with Gasteiger partial charge in [-0.2, -0.15) is 5.10 Å². The minimum absolute atomic E-state index is 0.0486. The first-order valence-corrected chi connectivity index (χ1v) is 5.92. The third-order valence-electron chi connectivity index (χ3n) is 2.89. The number of aryl methyl sites for hydroxylation is 2. The van der Waals surface area contributed by atoms with Gasteiger partial charge in [0.25, 0.3) is 5.91 Å². The summed E-state index contributed by atoms with van der Waals surface area (Å²) in [5.74, 6) is -0.0636. The lowest BCUT2D eigenvalue weighted by Crippen LogP contribution is -2.26. The minimum Gasteiger partial charge on any atom is -0.345 e. The highest BCUT2D eigenvalue weighted by Crippen LogP contribution is 2.12. The predicted octanol–water partition coefficient (Wildman–Crippen LogP) is 2.22. The number of nitrogens with zero attached hydrogens (tertiary/aromatic N) is 2. The number of nitrogens with one attached hydrogen (secondary N) is 1. The van der Waals surface area contributed by atoms with Gasteiger partial charge >= 0.3 is 0 Å².